The Hall–Kier alpha value is -3.38. The lowest BCUT2D eigenvalue weighted by Gasteiger charge is -2.32. The maximum atomic E-state index is 13.5. The molecule has 2 aromatic heterocycles. The number of likely N-dealkylation sites (tertiary alicyclic amines) is 1. The molecular formula is C31H34FN5. The van der Waals surface area contributed by atoms with Gasteiger partial charge >= 0.3 is 0 Å². The van der Waals surface area contributed by atoms with Crippen molar-refractivity contribution in [2.75, 3.05) is 37.6 Å². The fourth-order valence-corrected chi connectivity index (χ4v) is 6.46. The van der Waals surface area contributed by atoms with Crippen molar-refractivity contribution in [2.45, 2.75) is 32.7 Å². The number of imidazole rings is 1. The molecule has 37 heavy (non-hydrogen) atoms. The number of piperidine rings is 1. The van der Waals surface area contributed by atoms with E-state index >= 15 is 0 Å². The van der Waals surface area contributed by atoms with Crippen LogP contribution < -0.4 is 4.90 Å². The molecule has 2 saturated heterocycles. The van der Waals surface area contributed by atoms with Crippen LogP contribution in [0.1, 0.15) is 31.7 Å². The molecule has 4 aromatic rings. The van der Waals surface area contributed by atoms with E-state index in [2.05, 4.69) is 62.5 Å². The predicted octanol–water partition coefficient (Wildman–Crippen LogP) is 6.07. The maximum absolute atomic E-state index is 13.5. The molecule has 0 saturated carbocycles. The summed E-state index contributed by atoms with van der Waals surface area (Å²) in [6.45, 7) is 9.22. The van der Waals surface area contributed by atoms with E-state index in [1.54, 1.807) is 0 Å². The molecule has 190 valence electrons. The second-order valence-electron chi connectivity index (χ2n) is 11.3. The summed E-state index contributed by atoms with van der Waals surface area (Å²) in [6.07, 6.45) is 10.1. The molecule has 0 radical (unpaired) electrons. The second kappa shape index (κ2) is 9.18. The van der Waals surface area contributed by atoms with Gasteiger partial charge in [-0.2, -0.15) is 0 Å². The van der Waals surface area contributed by atoms with E-state index in [0.717, 1.165) is 54.1 Å². The Morgan fingerprint density at radius 3 is 2.62 bits per heavy atom. The smallest absolute Gasteiger partial charge is 0.161 e. The molecule has 5 heterocycles. The van der Waals surface area contributed by atoms with Gasteiger partial charge in [0.15, 0.2) is 5.82 Å². The zero-order valence-corrected chi connectivity index (χ0v) is 21.5. The molecule has 0 spiro atoms. The van der Waals surface area contributed by atoms with Crippen molar-refractivity contribution in [1.82, 2.24) is 19.0 Å². The van der Waals surface area contributed by atoms with Gasteiger partial charge < -0.3 is 14.4 Å². The van der Waals surface area contributed by atoms with E-state index in [0.29, 0.717) is 0 Å². The highest BCUT2D eigenvalue weighted by molar-refractivity contribution is 5.72. The van der Waals surface area contributed by atoms with Crippen molar-refractivity contribution in [3.05, 3.63) is 78.5 Å². The van der Waals surface area contributed by atoms with Gasteiger partial charge in [-0.3, -0.25) is 4.57 Å². The lowest BCUT2D eigenvalue weighted by molar-refractivity contribution is 0.171. The minimum Gasteiger partial charge on any atom is -0.371 e. The molecule has 0 bridgehead atoms. The van der Waals surface area contributed by atoms with Crippen molar-refractivity contribution in [3.63, 3.8) is 0 Å². The summed E-state index contributed by atoms with van der Waals surface area (Å²) in [5, 5.41) is 0. The lowest BCUT2D eigenvalue weighted by Crippen LogP contribution is -2.37. The molecule has 0 N–H and O–H groups in total. The SMILES string of the molecule is CC1CCN(C[C@@H]2CCN(c3ccc4c(c3)Cn3cc(-c5ccc(F)cc5)cc3-c3nccn3-4)C2)CC1. The number of rotatable bonds is 4. The fourth-order valence-electron chi connectivity index (χ4n) is 6.46. The van der Waals surface area contributed by atoms with Crippen LogP contribution in [-0.4, -0.2) is 51.7 Å². The van der Waals surface area contributed by atoms with Crippen LogP contribution >= 0.6 is 0 Å². The van der Waals surface area contributed by atoms with Crippen LogP contribution in [0.2, 0.25) is 0 Å². The molecule has 5 nitrogen and oxygen atoms in total. The summed E-state index contributed by atoms with van der Waals surface area (Å²) in [5.41, 5.74) is 6.99. The third kappa shape index (κ3) is 4.27. The van der Waals surface area contributed by atoms with Crippen LogP contribution in [0.4, 0.5) is 10.1 Å². The third-order valence-electron chi connectivity index (χ3n) is 8.65. The van der Waals surface area contributed by atoms with Gasteiger partial charge in [-0.05, 0) is 91.7 Å². The van der Waals surface area contributed by atoms with Gasteiger partial charge in [0, 0.05) is 56.0 Å². The third-order valence-corrected chi connectivity index (χ3v) is 8.65. The Bertz CT molecular complexity index is 1410. The van der Waals surface area contributed by atoms with E-state index < -0.39 is 0 Å². The first-order valence-electron chi connectivity index (χ1n) is 13.7. The van der Waals surface area contributed by atoms with Crippen LogP contribution in [0.15, 0.2) is 67.1 Å². The van der Waals surface area contributed by atoms with Crippen molar-refractivity contribution >= 4 is 5.69 Å². The minimum absolute atomic E-state index is 0.212. The number of hydrogen-bond donors (Lipinski definition) is 0. The average Bonchev–Trinajstić information content (AvgIpc) is 3.65. The highest BCUT2D eigenvalue weighted by atomic mass is 19.1. The Kier molecular flexibility index (Phi) is 5.65. The number of aromatic nitrogens is 3. The number of nitrogens with zero attached hydrogens (tertiary/aromatic N) is 5. The van der Waals surface area contributed by atoms with Gasteiger partial charge in [-0.25, -0.2) is 9.37 Å². The highest BCUT2D eigenvalue weighted by Crippen LogP contribution is 2.36. The quantitative estimate of drug-likeness (QED) is 0.303. The summed E-state index contributed by atoms with van der Waals surface area (Å²) in [4.78, 5) is 9.99. The molecule has 3 aliphatic rings. The normalized spacial score (nSPS) is 19.9. The van der Waals surface area contributed by atoms with Crippen molar-refractivity contribution in [2.24, 2.45) is 11.8 Å². The molecule has 2 fully saturated rings. The molecular weight excluding hydrogens is 461 g/mol. The Morgan fingerprint density at radius 2 is 1.78 bits per heavy atom. The zero-order valence-electron chi connectivity index (χ0n) is 21.5. The average molecular weight is 496 g/mol. The van der Waals surface area contributed by atoms with E-state index in [4.69, 9.17) is 4.98 Å². The highest BCUT2D eigenvalue weighted by Gasteiger charge is 2.28. The molecule has 2 aromatic carbocycles. The maximum Gasteiger partial charge on any atom is 0.161 e. The summed E-state index contributed by atoms with van der Waals surface area (Å²) in [7, 11) is 0. The van der Waals surface area contributed by atoms with Crippen LogP contribution in [0.5, 0.6) is 0 Å². The molecule has 7 rings (SSSR count). The van der Waals surface area contributed by atoms with E-state index in [-0.39, 0.29) is 5.82 Å². The van der Waals surface area contributed by atoms with Crippen molar-refractivity contribution in [1.29, 1.82) is 0 Å². The van der Waals surface area contributed by atoms with Gasteiger partial charge in [-0.15, -0.1) is 0 Å². The molecule has 6 heteroatoms. The van der Waals surface area contributed by atoms with Gasteiger partial charge in [0.25, 0.3) is 0 Å². The number of halogens is 1. The van der Waals surface area contributed by atoms with E-state index in [9.17, 15) is 4.39 Å². The van der Waals surface area contributed by atoms with Gasteiger partial charge in [0.05, 0.1) is 11.4 Å². The molecule has 3 aliphatic heterocycles. The fraction of sp³-hybridized carbons (Fsp3) is 0.387. The van der Waals surface area contributed by atoms with Crippen LogP contribution in [0.25, 0.3) is 28.3 Å². The molecule has 0 amide bonds. The molecule has 0 unspecified atom stereocenters. The first-order chi connectivity index (χ1) is 18.1. The summed E-state index contributed by atoms with van der Waals surface area (Å²) >= 11 is 0. The van der Waals surface area contributed by atoms with Gasteiger partial charge in [0.2, 0.25) is 0 Å². The Labute approximate surface area is 218 Å². The Morgan fingerprint density at radius 1 is 0.946 bits per heavy atom. The number of fused-ring (bicyclic) bond motifs is 5. The number of anilines is 1. The van der Waals surface area contributed by atoms with Crippen LogP contribution in [0.3, 0.4) is 0 Å². The van der Waals surface area contributed by atoms with Crippen molar-refractivity contribution in [3.8, 4) is 28.3 Å². The second-order valence-corrected chi connectivity index (χ2v) is 11.3. The summed E-state index contributed by atoms with van der Waals surface area (Å²) in [5.74, 6) is 2.37. The molecule has 1 atom stereocenters. The Balaban J connectivity index is 1.15. The topological polar surface area (TPSA) is 29.2 Å². The van der Waals surface area contributed by atoms with Gasteiger partial charge in [0.1, 0.15) is 5.82 Å². The van der Waals surface area contributed by atoms with Crippen LogP contribution in [-0.2, 0) is 6.54 Å². The van der Waals surface area contributed by atoms with E-state index in [1.165, 1.54) is 68.0 Å². The van der Waals surface area contributed by atoms with E-state index in [1.807, 2.05) is 18.3 Å². The minimum atomic E-state index is -0.212. The monoisotopic (exact) mass is 495 g/mol. The molecule has 0 aliphatic carbocycles. The number of benzene rings is 2. The number of hydrogen-bond acceptors (Lipinski definition) is 3. The van der Waals surface area contributed by atoms with Crippen molar-refractivity contribution < 1.29 is 4.39 Å². The largest absolute Gasteiger partial charge is 0.371 e. The first kappa shape index (κ1) is 22.8. The first-order valence-corrected chi connectivity index (χ1v) is 13.7. The lowest BCUT2D eigenvalue weighted by atomic mass is 9.98. The predicted molar refractivity (Wildman–Crippen MR) is 147 cm³/mol. The van der Waals surface area contributed by atoms with Gasteiger partial charge in [-0.1, -0.05) is 19.1 Å². The standard InChI is InChI=1S/C31H34FN5/c1-22-8-12-34(13-9-22)18-23-10-14-35(19-23)28-6-7-29-26(16-28)21-36-20-25(24-2-4-27(32)5-3-24)17-30(36)31-33-11-15-37(29)31/h2-7,11,15-17,20,22-23H,8-10,12-14,18-19,21H2,1H3/t23-/m0/s1. The summed E-state index contributed by atoms with van der Waals surface area (Å²) < 4.78 is 18.0. The zero-order chi connectivity index (χ0) is 24.9. The summed E-state index contributed by atoms with van der Waals surface area (Å²) in [6, 6.07) is 15.9. The van der Waals surface area contributed by atoms with Crippen LogP contribution in [0, 0.1) is 17.7 Å².